The van der Waals surface area contributed by atoms with Gasteiger partial charge in [0.15, 0.2) is 0 Å². The summed E-state index contributed by atoms with van der Waals surface area (Å²) in [6, 6.07) is 10.0. The Balaban J connectivity index is 2.59. The van der Waals surface area contributed by atoms with Crippen molar-refractivity contribution in [1.29, 1.82) is 0 Å². The molecule has 0 atom stereocenters. The second-order valence-electron chi connectivity index (χ2n) is 4.96. The van der Waals surface area contributed by atoms with Crippen molar-refractivity contribution in [2.75, 3.05) is 0 Å². The van der Waals surface area contributed by atoms with Gasteiger partial charge in [-0.1, -0.05) is 24.3 Å². The first-order valence-corrected chi connectivity index (χ1v) is 6.19. The number of aromatic nitrogens is 2. The van der Waals surface area contributed by atoms with Crippen LogP contribution in [0.1, 0.15) is 25.6 Å². The van der Waals surface area contributed by atoms with E-state index in [2.05, 4.69) is 18.9 Å². The maximum absolute atomic E-state index is 10.1. The second-order valence-corrected chi connectivity index (χ2v) is 4.96. The minimum Gasteiger partial charge on any atom is -0.507 e. The zero-order valence-corrected chi connectivity index (χ0v) is 10.8. The van der Waals surface area contributed by atoms with Crippen LogP contribution in [0.3, 0.4) is 0 Å². The highest BCUT2D eigenvalue weighted by molar-refractivity contribution is 6.09. The Bertz CT molecular complexity index is 741. The molecule has 3 rings (SSSR count). The summed E-state index contributed by atoms with van der Waals surface area (Å²) in [5.41, 5.74) is 2.07. The number of hydrogen-bond acceptors (Lipinski definition) is 2. The van der Waals surface area contributed by atoms with Crippen molar-refractivity contribution >= 4 is 21.7 Å². The number of benzene rings is 2. The van der Waals surface area contributed by atoms with Crippen LogP contribution in [0.25, 0.3) is 21.7 Å². The van der Waals surface area contributed by atoms with Gasteiger partial charge in [0, 0.05) is 22.2 Å². The van der Waals surface area contributed by atoms with Gasteiger partial charge in [0.05, 0.1) is 11.2 Å². The molecule has 0 unspecified atom stereocenters. The first kappa shape index (κ1) is 11.1. The predicted molar refractivity (Wildman–Crippen MR) is 74.0 cm³/mol. The van der Waals surface area contributed by atoms with Crippen molar-refractivity contribution in [1.82, 2.24) is 9.78 Å². The maximum atomic E-state index is 10.1. The van der Waals surface area contributed by atoms with E-state index in [0.717, 1.165) is 27.4 Å². The molecule has 0 saturated carbocycles. The lowest BCUT2D eigenvalue weighted by Gasteiger charge is -2.10. The van der Waals surface area contributed by atoms with Gasteiger partial charge < -0.3 is 5.11 Å². The number of hydrogen-bond donors (Lipinski definition) is 1. The number of phenolic OH excluding ortho intramolecular Hbond substituents is 1. The third kappa shape index (κ3) is 1.40. The lowest BCUT2D eigenvalue weighted by atomic mass is 10.0. The quantitative estimate of drug-likeness (QED) is 0.702. The van der Waals surface area contributed by atoms with Gasteiger partial charge in [-0.15, -0.1) is 0 Å². The second kappa shape index (κ2) is 3.73. The third-order valence-electron chi connectivity index (χ3n) is 3.36. The summed E-state index contributed by atoms with van der Waals surface area (Å²) < 4.78 is 2.03. The average molecular weight is 240 g/mol. The Morgan fingerprint density at radius 3 is 2.44 bits per heavy atom. The summed E-state index contributed by atoms with van der Waals surface area (Å²) in [6.45, 7) is 6.22. The topological polar surface area (TPSA) is 38.0 Å². The molecule has 0 spiro atoms. The van der Waals surface area contributed by atoms with Gasteiger partial charge in [-0.3, -0.25) is 4.68 Å². The maximum Gasteiger partial charge on any atom is 0.124 e. The fourth-order valence-electron chi connectivity index (χ4n) is 2.50. The number of aromatic hydroxyl groups is 1. The molecule has 1 heterocycles. The summed E-state index contributed by atoms with van der Waals surface area (Å²) in [7, 11) is 0. The Morgan fingerprint density at radius 1 is 1.11 bits per heavy atom. The molecule has 0 aliphatic carbocycles. The van der Waals surface area contributed by atoms with E-state index in [1.54, 1.807) is 0 Å². The third-order valence-corrected chi connectivity index (χ3v) is 3.36. The zero-order chi connectivity index (χ0) is 12.9. The van der Waals surface area contributed by atoms with E-state index in [9.17, 15) is 5.11 Å². The first-order valence-electron chi connectivity index (χ1n) is 6.19. The molecule has 0 amide bonds. The monoisotopic (exact) mass is 240 g/mol. The molecule has 3 heteroatoms. The van der Waals surface area contributed by atoms with Crippen LogP contribution in [0.4, 0.5) is 0 Å². The van der Waals surface area contributed by atoms with Crippen molar-refractivity contribution in [3.05, 3.63) is 36.0 Å². The summed E-state index contributed by atoms with van der Waals surface area (Å²) in [6.07, 6.45) is 0. The molecular weight excluding hydrogens is 224 g/mol. The number of fused-ring (bicyclic) bond motifs is 3. The first-order chi connectivity index (χ1) is 8.59. The van der Waals surface area contributed by atoms with Crippen LogP contribution in [0.2, 0.25) is 0 Å². The molecule has 0 bridgehead atoms. The molecule has 92 valence electrons. The number of aryl methyl sites for hydroxylation is 1. The minimum absolute atomic E-state index is 0.300. The largest absolute Gasteiger partial charge is 0.507 e. The van der Waals surface area contributed by atoms with Crippen LogP contribution in [-0.4, -0.2) is 14.9 Å². The molecule has 18 heavy (non-hydrogen) atoms. The zero-order valence-electron chi connectivity index (χ0n) is 10.8. The number of nitrogens with zero attached hydrogens (tertiary/aromatic N) is 2. The highest BCUT2D eigenvalue weighted by atomic mass is 16.3. The highest BCUT2D eigenvalue weighted by Gasteiger charge is 2.14. The van der Waals surface area contributed by atoms with Gasteiger partial charge in [0.25, 0.3) is 0 Å². The van der Waals surface area contributed by atoms with Crippen LogP contribution in [0.5, 0.6) is 5.75 Å². The van der Waals surface area contributed by atoms with Gasteiger partial charge >= 0.3 is 0 Å². The van der Waals surface area contributed by atoms with Gasteiger partial charge in [0.1, 0.15) is 5.75 Å². The van der Waals surface area contributed by atoms with E-state index in [1.807, 2.05) is 41.9 Å². The summed E-state index contributed by atoms with van der Waals surface area (Å²) in [5.74, 6) is 0.324. The molecular formula is C15H16N2O. The standard InChI is InChI=1S/C15H16N2O/c1-9(2)17-15-12-7-5-4-6-11(12)14(18)8-13(15)10(3)16-17/h4-9,18H,1-3H3. The van der Waals surface area contributed by atoms with Crippen molar-refractivity contribution in [3.63, 3.8) is 0 Å². The lowest BCUT2D eigenvalue weighted by Crippen LogP contribution is -2.02. The minimum atomic E-state index is 0.300. The van der Waals surface area contributed by atoms with Crippen LogP contribution in [-0.2, 0) is 0 Å². The molecule has 0 aliphatic heterocycles. The van der Waals surface area contributed by atoms with E-state index in [1.165, 1.54) is 0 Å². The molecule has 2 aromatic carbocycles. The van der Waals surface area contributed by atoms with E-state index in [0.29, 0.717) is 11.8 Å². The molecule has 0 aliphatic rings. The van der Waals surface area contributed by atoms with Crippen LogP contribution >= 0.6 is 0 Å². The van der Waals surface area contributed by atoms with Gasteiger partial charge in [-0.2, -0.15) is 5.10 Å². The summed E-state index contributed by atoms with van der Waals surface area (Å²) in [4.78, 5) is 0. The fraction of sp³-hybridized carbons (Fsp3) is 0.267. The van der Waals surface area contributed by atoms with Gasteiger partial charge in [-0.25, -0.2) is 0 Å². The number of rotatable bonds is 1. The summed E-state index contributed by atoms with van der Waals surface area (Å²) >= 11 is 0. The molecule has 0 fully saturated rings. The van der Waals surface area contributed by atoms with Crippen LogP contribution in [0, 0.1) is 6.92 Å². The summed E-state index contributed by atoms with van der Waals surface area (Å²) in [5, 5.41) is 17.7. The molecule has 1 N–H and O–H groups in total. The molecule has 0 radical (unpaired) electrons. The van der Waals surface area contributed by atoms with E-state index < -0.39 is 0 Å². The average Bonchev–Trinajstić information content (AvgIpc) is 2.68. The van der Waals surface area contributed by atoms with Crippen LogP contribution < -0.4 is 0 Å². The number of phenols is 1. The fourth-order valence-corrected chi connectivity index (χ4v) is 2.50. The Morgan fingerprint density at radius 2 is 1.78 bits per heavy atom. The van der Waals surface area contributed by atoms with E-state index in [4.69, 9.17) is 0 Å². The smallest absolute Gasteiger partial charge is 0.124 e. The highest BCUT2D eigenvalue weighted by Crippen LogP contribution is 2.35. The van der Waals surface area contributed by atoms with E-state index >= 15 is 0 Å². The Labute approximate surface area is 106 Å². The lowest BCUT2D eigenvalue weighted by molar-refractivity contribution is 0.482. The SMILES string of the molecule is Cc1nn(C(C)C)c2c1cc(O)c1ccccc12. The molecule has 3 aromatic rings. The Kier molecular flexibility index (Phi) is 2.30. The van der Waals surface area contributed by atoms with Crippen molar-refractivity contribution in [2.24, 2.45) is 0 Å². The Hall–Kier alpha value is -2.03. The molecule has 3 nitrogen and oxygen atoms in total. The molecule has 1 aromatic heterocycles. The predicted octanol–water partition coefficient (Wildman–Crippen LogP) is 3.78. The molecule has 0 saturated heterocycles. The van der Waals surface area contributed by atoms with Crippen LogP contribution in [0.15, 0.2) is 30.3 Å². The normalized spacial score (nSPS) is 11.8. The van der Waals surface area contributed by atoms with Crippen molar-refractivity contribution in [2.45, 2.75) is 26.8 Å². The van der Waals surface area contributed by atoms with Gasteiger partial charge in [0.2, 0.25) is 0 Å². The van der Waals surface area contributed by atoms with Crippen molar-refractivity contribution < 1.29 is 5.11 Å². The van der Waals surface area contributed by atoms with Crippen molar-refractivity contribution in [3.8, 4) is 5.75 Å². The van der Waals surface area contributed by atoms with E-state index in [-0.39, 0.29) is 0 Å². The van der Waals surface area contributed by atoms with Gasteiger partial charge in [-0.05, 0) is 26.8 Å².